The summed E-state index contributed by atoms with van der Waals surface area (Å²) in [6.45, 7) is 5.96. The number of piperazine rings is 1. The Morgan fingerprint density at radius 2 is 2.00 bits per heavy atom. The predicted octanol–water partition coefficient (Wildman–Crippen LogP) is 2.63. The highest BCUT2D eigenvalue weighted by atomic mass is 16.6. The summed E-state index contributed by atoms with van der Waals surface area (Å²) >= 11 is 0. The van der Waals surface area contributed by atoms with Crippen molar-refractivity contribution in [1.82, 2.24) is 9.88 Å². The number of aryl methyl sites for hydroxylation is 1. The van der Waals surface area contributed by atoms with E-state index in [4.69, 9.17) is 4.74 Å². The number of aromatic nitrogens is 1. The normalized spacial score (nSPS) is 15.2. The summed E-state index contributed by atoms with van der Waals surface area (Å²) in [5.41, 5.74) is 2.44. The zero-order valence-electron chi connectivity index (χ0n) is 14.5. The Balaban J connectivity index is 1.67. The standard InChI is InChI=1S/C18H22N4O3/c1-14-5-6-17(25-2)15(12-14)13-20-8-10-21(11-9-20)18-16(22(23)24)4-3-7-19-18/h3-7,12H,8-11,13H2,1-2H3. The van der Waals surface area contributed by atoms with Crippen molar-refractivity contribution in [2.24, 2.45) is 0 Å². The molecule has 0 amide bonds. The number of nitro groups is 1. The summed E-state index contributed by atoms with van der Waals surface area (Å²) in [7, 11) is 1.69. The fourth-order valence-corrected chi connectivity index (χ4v) is 3.16. The van der Waals surface area contributed by atoms with Crippen molar-refractivity contribution in [1.29, 1.82) is 0 Å². The number of methoxy groups -OCH3 is 1. The highest BCUT2D eigenvalue weighted by Crippen LogP contribution is 2.27. The van der Waals surface area contributed by atoms with Crippen molar-refractivity contribution in [3.05, 3.63) is 57.8 Å². The predicted molar refractivity (Wildman–Crippen MR) is 96.1 cm³/mol. The number of pyridine rings is 1. The summed E-state index contributed by atoms with van der Waals surface area (Å²) < 4.78 is 5.45. The van der Waals surface area contributed by atoms with Crippen molar-refractivity contribution < 1.29 is 9.66 Å². The minimum Gasteiger partial charge on any atom is -0.496 e. The molecule has 1 aliphatic rings. The minimum absolute atomic E-state index is 0.0660. The maximum absolute atomic E-state index is 11.2. The van der Waals surface area contributed by atoms with E-state index in [1.54, 1.807) is 19.4 Å². The lowest BCUT2D eigenvalue weighted by Gasteiger charge is -2.35. The highest BCUT2D eigenvalue weighted by molar-refractivity contribution is 5.57. The second kappa shape index (κ2) is 7.48. The first-order chi connectivity index (χ1) is 12.1. The van der Waals surface area contributed by atoms with E-state index in [0.717, 1.165) is 25.4 Å². The molecule has 7 nitrogen and oxygen atoms in total. The summed E-state index contributed by atoms with van der Waals surface area (Å²) in [5, 5.41) is 11.2. The molecular weight excluding hydrogens is 320 g/mol. The van der Waals surface area contributed by atoms with E-state index in [-0.39, 0.29) is 10.6 Å². The van der Waals surface area contributed by atoms with Gasteiger partial charge in [0.25, 0.3) is 0 Å². The number of rotatable bonds is 5. The third-order valence-electron chi connectivity index (χ3n) is 4.46. The van der Waals surface area contributed by atoms with Crippen LogP contribution in [0, 0.1) is 17.0 Å². The Bertz CT molecular complexity index is 758. The number of hydrogen-bond donors (Lipinski definition) is 0. The van der Waals surface area contributed by atoms with Gasteiger partial charge in [-0.2, -0.15) is 0 Å². The van der Waals surface area contributed by atoms with Crippen LogP contribution in [-0.4, -0.2) is 48.1 Å². The van der Waals surface area contributed by atoms with Crippen LogP contribution in [0.5, 0.6) is 5.75 Å². The van der Waals surface area contributed by atoms with Gasteiger partial charge in [0.1, 0.15) is 5.75 Å². The third kappa shape index (κ3) is 3.88. The highest BCUT2D eigenvalue weighted by Gasteiger charge is 2.25. The van der Waals surface area contributed by atoms with Crippen LogP contribution >= 0.6 is 0 Å². The second-order valence-corrected chi connectivity index (χ2v) is 6.18. The molecule has 7 heteroatoms. The fraction of sp³-hybridized carbons (Fsp3) is 0.389. The van der Waals surface area contributed by atoms with Crippen LogP contribution in [0.4, 0.5) is 11.5 Å². The van der Waals surface area contributed by atoms with Crippen LogP contribution in [0.25, 0.3) is 0 Å². The van der Waals surface area contributed by atoms with Crippen molar-refractivity contribution in [2.45, 2.75) is 13.5 Å². The quantitative estimate of drug-likeness (QED) is 0.614. The molecule has 25 heavy (non-hydrogen) atoms. The second-order valence-electron chi connectivity index (χ2n) is 6.18. The first-order valence-electron chi connectivity index (χ1n) is 8.28. The Kier molecular flexibility index (Phi) is 5.14. The molecule has 0 radical (unpaired) electrons. The number of anilines is 1. The summed E-state index contributed by atoms with van der Waals surface area (Å²) in [5.74, 6) is 1.36. The molecule has 1 aromatic heterocycles. The molecule has 0 N–H and O–H groups in total. The largest absolute Gasteiger partial charge is 0.496 e. The summed E-state index contributed by atoms with van der Waals surface area (Å²) in [6, 6.07) is 9.29. The van der Waals surface area contributed by atoms with Gasteiger partial charge in [-0.25, -0.2) is 4.98 Å². The lowest BCUT2D eigenvalue weighted by molar-refractivity contribution is -0.384. The van der Waals surface area contributed by atoms with Crippen molar-refractivity contribution >= 4 is 11.5 Å². The molecular formula is C18H22N4O3. The van der Waals surface area contributed by atoms with Gasteiger partial charge in [-0.15, -0.1) is 0 Å². The van der Waals surface area contributed by atoms with E-state index in [0.29, 0.717) is 18.9 Å². The maximum atomic E-state index is 11.2. The zero-order chi connectivity index (χ0) is 17.8. The molecule has 0 unspecified atom stereocenters. The molecule has 1 fully saturated rings. The topological polar surface area (TPSA) is 71.7 Å². The van der Waals surface area contributed by atoms with Gasteiger partial charge in [0, 0.05) is 50.6 Å². The van der Waals surface area contributed by atoms with Crippen LogP contribution in [0.15, 0.2) is 36.5 Å². The van der Waals surface area contributed by atoms with Gasteiger partial charge in [0.05, 0.1) is 12.0 Å². The molecule has 0 atom stereocenters. The Morgan fingerprint density at radius 1 is 1.24 bits per heavy atom. The molecule has 2 aromatic rings. The Hall–Kier alpha value is -2.67. The smallest absolute Gasteiger partial charge is 0.311 e. The lowest BCUT2D eigenvalue weighted by atomic mass is 10.1. The van der Waals surface area contributed by atoms with Gasteiger partial charge in [-0.3, -0.25) is 15.0 Å². The number of ether oxygens (including phenoxy) is 1. The minimum atomic E-state index is -0.369. The van der Waals surface area contributed by atoms with Crippen LogP contribution in [0.3, 0.4) is 0 Å². The number of nitrogens with zero attached hydrogens (tertiary/aromatic N) is 4. The SMILES string of the molecule is COc1ccc(C)cc1CN1CCN(c2ncccc2[N+](=O)[O-])CC1. The number of benzene rings is 1. The van der Waals surface area contributed by atoms with Crippen LogP contribution < -0.4 is 9.64 Å². The molecule has 0 spiro atoms. The monoisotopic (exact) mass is 342 g/mol. The van der Waals surface area contributed by atoms with E-state index >= 15 is 0 Å². The molecule has 132 valence electrons. The van der Waals surface area contributed by atoms with E-state index in [9.17, 15) is 10.1 Å². The van der Waals surface area contributed by atoms with Crippen molar-refractivity contribution in [2.75, 3.05) is 38.2 Å². The van der Waals surface area contributed by atoms with Gasteiger partial charge in [0.2, 0.25) is 5.82 Å². The van der Waals surface area contributed by atoms with Gasteiger partial charge in [-0.1, -0.05) is 17.7 Å². The van der Waals surface area contributed by atoms with E-state index in [1.165, 1.54) is 17.2 Å². The fourth-order valence-electron chi connectivity index (χ4n) is 3.16. The number of hydrogen-bond acceptors (Lipinski definition) is 6. The van der Waals surface area contributed by atoms with Gasteiger partial charge in [-0.05, 0) is 19.1 Å². The molecule has 3 rings (SSSR count). The molecule has 1 saturated heterocycles. The van der Waals surface area contributed by atoms with Crippen molar-refractivity contribution in [3.8, 4) is 5.75 Å². The van der Waals surface area contributed by atoms with Gasteiger partial charge >= 0.3 is 5.69 Å². The van der Waals surface area contributed by atoms with E-state index in [2.05, 4.69) is 22.9 Å². The van der Waals surface area contributed by atoms with E-state index < -0.39 is 0 Å². The first kappa shape index (κ1) is 17.2. The molecule has 1 aromatic carbocycles. The summed E-state index contributed by atoms with van der Waals surface area (Å²) in [4.78, 5) is 19.4. The maximum Gasteiger partial charge on any atom is 0.311 e. The zero-order valence-corrected chi connectivity index (χ0v) is 14.5. The molecule has 1 aliphatic heterocycles. The molecule has 2 heterocycles. The third-order valence-corrected chi connectivity index (χ3v) is 4.46. The molecule has 0 saturated carbocycles. The Labute approximate surface area is 147 Å². The average molecular weight is 342 g/mol. The molecule has 0 aliphatic carbocycles. The van der Waals surface area contributed by atoms with Crippen LogP contribution in [0.1, 0.15) is 11.1 Å². The first-order valence-corrected chi connectivity index (χ1v) is 8.28. The average Bonchev–Trinajstić information content (AvgIpc) is 2.62. The van der Waals surface area contributed by atoms with Gasteiger partial charge in [0.15, 0.2) is 0 Å². The van der Waals surface area contributed by atoms with Crippen LogP contribution in [0.2, 0.25) is 0 Å². The molecule has 0 bridgehead atoms. The van der Waals surface area contributed by atoms with E-state index in [1.807, 2.05) is 17.0 Å². The van der Waals surface area contributed by atoms with Gasteiger partial charge < -0.3 is 9.64 Å². The summed E-state index contributed by atoms with van der Waals surface area (Å²) in [6.07, 6.45) is 1.60. The van der Waals surface area contributed by atoms with Crippen LogP contribution in [-0.2, 0) is 6.54 Å². The lowest BCUT2D eigenvalue weighted by Crippen LogP contribution is -2.46. The Morgan fingerprint density at radius 3 is 2.68 bits per heavy atom. The van der Waals surface area contributed by atoms with Crippen molar-refractivity contribution in [3.63, 3.8) is 0 Å².